The highest BCUT2D eigenvalue weighted by atomic mass is 79.9. The molecule has 0 aliphatic carbocycles. The van der Waals surface area contributed by atoms with Gasteiger partial charge in [0.05, 0.1) is 12.3 Å². The van der Waals surface area contributed by atoms with Crippen LogP contribution < -0.4 is 4.90 Å². The molecule has 1 saturated heterocycles. The van der Waals surface area contributed by atoms with E-state index < -0.39 is 0 Å². The summed E-state index contributed by atoms with van der Waals surface area (Å²) in [4.78, 5) is 2.17. The zero-order valence-corrected chi connectivity index (χ0v) is 12.2. The van der Waals surface area contributed by atoms with Crippen molar-refractivity contribution in [3.05, 3.63) is 29.6 Å². The first-order valence-electron chi connectivity index (χ1n) is 6.33. The first-order chi connectivity index (χ1) is 8.76. The van der Waals surface area contributed by atoms with Gasteiger partial charge in [-0.15, -0.1) is 0 Å². The van der Waals surface area contributed by atoms with Gasteiger partial charge in [0.25, 0.3) is 0 Å². The molecule has 0 bridgehead atoms. The van der Waals surface area contributed by atoms with Crippen LogP contribution in [0.1, 0.15) is 18.4 Å². The van der Waals surface area contributed by atoms with Crippen molar-refractivity contribution < 1.29 is 9.13 Å². The van der Waals surface area contributed by atoms with Crippen molar-refractivity contribution >= 4 is 21.6 Å². The van der Waals surface area contributed by atoms with Crippen LogP contribution in [0.15, 0.2) is 18.2 Å². The average Bonchev–Trinajstić information content (AvgIpc) is 2.39. The number of nitrogens with zero attached hydrogens (tertiary/aromatic N) is 1. The molecule has 1 aromatic rings. The number of piperidine rings is 1. The molecule has 0 aromatic heterocycles. The Morgan fingerprint density at radius 1 is 1.50 bits per heavy atom. The van der Waals surface area contributed by atoms with Crippen LogP contribution in [-0.4, -0.2) is 26.8 Å². The molecule has 1 aromatic carbocycles. The van der Waals surface area contributed by atoms with Gasteiger partial charge in [0.15, 0.2) is 0 Å². The van der Waals surface area contributed by atoms with Crippen LogP contribution >= 0.6 is 15.9 Å². The molecule has 0 amide bonds. The summed E-state index contributed by atoms with van der Waals surface area (Å²) in [7, 11) is 1.73. The Morgan fingerprint density at radius 2 is 2.33 bits per heavy atom. The van der Waals surface area contributed by atoms with E-state index in [0.29, 0.717) is 11.2 Å². The second-order valence-electron chi connectivity index (χ2n) is 4.79. The van der Waals surface area contributed by atoms with Crippen LogP contribution in [0.4, 0.5) is 10.1 Å². The Balaban J connectivity index is 2.20. The lowest BCUT2D eigenvalue weighted by atomic mass is 9.97. The van der Waals surface area contributed by atoms with Crippen molar-refractivity contribution in [3.8, 4) is 0 Å². The maximum absolute atomic E-state index is 14.0. The molecule has 0 spiro atoms. The highest BCUT2D eigenvalue weighted by Crippen LogP contribution is 2.30. The smallest absolute Gasteiger partial charge is 0.146 e. The number of hydrogen-bond donors (Lipinski definition) is 0. The van der Waals surface area contributed by atoms with Gasteiger partial charge in [-0.25, -0.2) is 4.39 Å². The van der Waals surface area contributed by atoms with Crippen molar-refractivity contribution in [2.75, 3.05) is 31.7 Å². The summed E-state index contributed by atoms with van der Waals surface area (Å²) < 4.78 is 19.3. The standard InChI is InChI=1S/C14H19BrFNO/c1-18-10-11-4-3-7-17(9-11)14-12(8-15)5-2-6-13(14)16/h2,5-6,11H,3-4,7-10H2,1H3. The molecule has 18 heavy (non-hydrogen) atoms. The minimum atomic E-state index is -0.120. The normalized spacial score (nSPS) is 20.2. The molecule has 1 fully saturated rings. The summed E-state index contributed by atoms with van der Waals surface area (Å²) in [6.45, 7) is 2.57. The van der Waals surface area contributed by atoms with Crippen molar-refractivity contribution in [1.82, 2.24) is 0 Å². The third kappa shape index (κ3) is 3.04. The molecule has 1 aliphatic heterocycles. The van der Waals surface area contributed by atoms with Gasteiger partial charge in [-0.1, -0.05) is 28.1 Å². The molecule has 0 saturated carbocycles. The van der Waals surface area contributed by atoms with Crippen LogP contribution in [0.5, 0.6) is 0 Å². The Hall–Kier alpha value is -0.610. The summed E-state index contributed by atoms with van der Waals surface area (Å²) in [6, 6.07) is 5.29. The molecule has 2 nitrogen and oxygen atoms in total. The van der Waals surface area contributed by atoms with Gasteiger partial charge in [0.1, 0.15) is 5.82 Å². The van der Waals surface area contributed by atoms with E-state index in [1.807, 2.05) is 6.07 Å². The van der Waals surface area contributed by atoms with E-state index in [1.54, 1.807) is 19.2 Å². The van der Waals surface area contributed by atoms with Crippen LogP contribution in [0.2, 0.25) is 0 Å². The lowest BCUT2D eigenvalue weighted by Crippen LogP contribution is -2.38. The number of para-hydroxylation sites is 1. The molecule has 4 heteroatoms. The molecule has 1 atom stereocenters. The lowest BCUT2D eigenvalue weighted by molar-refractivity contribution is 0.143. The fraction of sp³-hybridized carbons (Fsp3) is 0.571. The van der Waals surface area contributed by atoms with Gasteiger partial charge in [-0.05, 0) is 30.4 Å². The van der Waals surface area contributed by atoms with E-state index in [4.69, 9.17) is 4.74 Å². The third-order valence-corrected chi connectivity index (χ3v) is 4.06. The molecule has 0 radical (unpaired) electrons. The monoisotopic (exact) mass is 315 g/mol. The predicted octanol–water partition coefficient (Wildman–Crippen LogP) is 3.58. The number of benzene rings is 1. The number of hydrogen-bond acceptors (Lipinski definition) is 2. The molecule has 1 aliphatic rings. The van der Waals surface area contributed by atoms with Gasteiger partial charge >= 0.3 is 0 Å². The van der Waals surface area contributed by atoms with E-state index in [9.17, 15) is 4.39 Å². The van der Waals surface area contributed by atoms with Gasteiger partial charge in [0.2, 0.25) is 0 Å². The topological polar surface area (TPSA) is 12.5 Å². The van der Waals surface area contributed by atoms with Crippen molar-refractivity contribution in [1.29, 1.82) is 0 Å². The highest BCUT2D eigenvalue weighted by molar-refractivity contribution is 9.08. The van der Waals surface area contributed by atoms with E-state index in [0.717, 1.165) is 37.4 Å². The van der Waals surface area contributed by atoms with E-state index in [2.05, 4.69) is 20.8 Å². The van der Waals surface area contributed by atoms with Crippen LogP contribution in [0.25, 0.3) is 0 Å². The van der Waals surface area contributed by atoms with Gasteiger partial charge in [-0.2, -0.15) is 0 Å². The summed E-state index contributed by atoms with van der Waals surface area (Å²) >= 11 is 3.44. The zero-order valence-electron chi connectivity index (χ0n) is 10.7. The average molecular weight is 316 g/mol. The maximum atomic E-state index is 14.0. The lowest BCUT2D eigenvalue weighted by Gasteiger charge is -2.35. The van der Waals surface area contributed by atoms with Gasteiger partial charge in [-0.3, -0.25) is 0 Å². The molecular weight excluding hydrogens is 297 g/mol. The van der Waals surface area contributed by atoms with E-state index >= 15 is 0 Å². The Labute approximate surface area is 116 Å². The summed E-state index contributed by atoms with van der Waals surface area (Å²) in [5.41, 5.74) is 1.78. The number of ether oxygens (including phenoxy) is 1. The molecule has 100 valence electrons. The summed E-state index contributed by atoms with van der Waals surface area (Å²) in [5.74, 6) is 0.386. The fourth-order valence-corrected chi connectivity index (χ4v) is 3.11. The highest BCUT2D eigenvalue weighted by Gasteiger charge is 2.23. The number of alkyl halides is 1. The second kappa shape index (κ2) is 6.53. The summed E-state index contributed by atoms with van der Waals surface area (Å²) in [6.07, 6.45) is 2.27. The zero-order chi connectivity index (χ0) is 13.0. The van der Waals surface area contributed by atoms with E-state index in [1.165, 1.54) is 6.42 Å². The molecule has 1 heterocycles. The molecule has 0 N–H and O–H groups in total. The van der Waals surface area contributed by atoms with Crippen LogP contribution in [0, 0.1) is 11.7 Å². The minimum absolute atomic E-state index is 0.120. The van der Waals surface area contributed by atoms with Gasteiger partial charge < -0.3 is 9.64 Å². The summed E-state index contributed by atoms with van der Waals surface area (Å²) in [5, 5.41) is 0.686. The maximum Gasteiger partial charge on any atom is 0.146 e. The number of halogens is 2. The largest absolute Gasteiger partial charge is 0.384 e. The van der Waals surface area contributed by atoms with Crippen LogP contribution in [0.3, 0.4) is 0 Å². The first kappa shape index (κ1) is 13.8. The second-order valence-corrected chi connectivity index (χ2v) is 5.35. The Bertz CT molecular complexity index is 397. The molecular formula is C14H19BrFNO. The molecule has 2 rings (SSSR count). The first-order valence-corrected chi connectivity index (χ1v) is 7.45. The van der Waals surface area contributed by atoms with Crippen molar-refractivity contribution in [2.24, 2.45) is 5.92 Å². The van der Waals surface area contributed by atoms with Crippen LogP contribution in [-0.2, 0) is 10.1 Å². The quantitative estimate of drug-likeness (QED) is 0.787. The Kier molecular flexibility index (Phi) is 5.01. The number of rotatable bonds is 4. The Morgan fingerprint density at radius 3 is 3.06 bits per heavy atom. The van der Waals surface area contributed by atoms with E-state index in [-0.39, 0.29) is 5.82 Å². The SMILES string of the molecule is COCC1CCCN(c2c(F)cccc2CBr)C1. The van der Waals surface area contributed by atoms with Crippen molar-refractivity contribution in [3.63, 3.8) is 0 Å². The van der Waals surface area contributed by atoms with Gasteiger partial charge in [0, 0.05) is 25.5 Å². The third-order valence-electron chi connectivity index (χ3n) is 3.45. The molecule has 1 unspecified atom stereocenters. The van der Waals surface area contributed by atoms with Crippen molar-refractivity contribution in [2.45, 2.75) is 18.2 Å². The number of anilines is 1. The fourth-order valence-electron chi connectivity index (χ4n) is 2.66. The predicted molar refractivity (Wildman–Crippen MR) is 75.8 cm³/mol. The minimum Gasteiger partial charge on any atom is -0.384 e. The number of methoxy groups -OCH3 is 1.